The summed E-state index contributed by atoms with van der Waals surface area (Å²) in [5.41, 5.74) is 0.894. The van der Waals surface area contributed by atoms with Gasteiger partial charge in [-0.15, -0.1) is 0 Å². The van der Waals surface area contributed by atoms with E-state index >= 15 is 0 Å². The van der Waals surface area contributed by atoms with Crippen LogP contribution in [-0.4, -0.2) is 69.1 Å². The van der Waals surface area contributed by atoms with Crippen LogP contribution >= 0.6 is 0 Å². The number of aromatic nitrogens is 2. The Morgan fingerprint density at radius 2 is 1.67 bits per heavy atom. The molecule has 3 heterocycles. The molecule has 0 aliphatic carbocycles. The summed E-state index contributed by atoms with van der Waals surface area (Å²) in [6, 6.07) is 5.70. The minimum atomic E-state index is -3.78. The summed E-state index contributed by atoms with van der Waals surface area (Å²) in [6.45, 7) is 5.46. The molecule has 8 nitrogen and oxygen atoms in total. The Hall–Kier alpha value is -2.46. The van der Waals surface area contributed by atoms with Crippen LogP contribution in [0.4, 0.5) is 16.2 Å². The van der Waals surface area contributed by atoms with E-state index in [1.165, 1.54) is 36.4 Å². The summed E-state index contributed by atoms with van der Waals surface area (Å²) in [5.74, 6) is 0.882. The second-order valence-corrected chi connectivity index (χ2v) is 9.49. The van der Waals surface area contributed by atoms with Crippen LogP contribution < -0.4 is 14.5 Å². The largest absolute Gasteiger partial charge is 0.494 e. The molecule has 0 radical (unpaired) electrons. The fraction of sp³-hybridized carbons (Fsp3) is 0.500. The average molecular weight is 436 g/mol. The first-order valence-electron chi connectivity index (χ1n) is 10.1. The number of hydrogen-bond acceptors (Lipinski definition) is 7. The number of aryl methyl sites for hydroxylation is 1. The summed E-state index contributed by atoms with van der Waals surface area (Å²) in [4.78, 5) is 13.5. The predicted octanol–water partition coefficient (Wildman–Crippen LogP) is 2.04. The standard InChI is InChI=1S/C20H26FN5O3S/c1-15-13-19(24-7-3-4-8-24)23-20(22-15)25-9-11-26(12-10-25)30(27,28)16-5-6-18(29-2)17(21)14-16/h5-6,13-14H,3-4,7-12H2,1-2H3. The quantitative estimate of drug-likeness (QED) is 0.711. The monoisotopic (exact) mass is 435 g/mol. The highest BCUT2D eigenvalue weighted by molar-refractivity contribution is 7.89. The van der Waals surface area contributed by atoms with E-state index in [0.29, 0.717) is 19.0 Å². The van der Waals surface area contributed by atoms with Crippen LogP contribution in [-0.2, 0) is 10.0 Å². The Morgan fingerprint density at radius 3 is 2.30 bits per heavy atom. The highest BCUT2D eigenvalue weighted by atomic mass is 32.2. The zero-order valence-electron chi connectivity index (χ0n) is 17.2. The molecule has 30 heavy (non-hydrogen) atoms. The number of nitrogens with zero attached hydrogens (tertiary/aromatic N) is 5. The van der Waals surface area contributed by atoms with Crippen LogP contribution in [0, 0.1) is 12.7 Å². The molecule has 0 amide bonds. The minimum Gasteiger partial charge on any atom is -0.494 e. The van der Waals surface area contributed by atoms with Crippen molar-refractivity contribution in [1.82, 2.24) is 14.3 Å². The number of halogens is 1. The van der Waals surface area contributed by atoms with Gasteiger partial charge in [0.25, 0.3) is 0 Å². The highest BCUT2D eigenvalue weighted by Crippen LogP contribution is 2.26. The SMILES string of the molecule is COc1ccc(S(=O)(=O)N2CCN(c3nc(C)cc(N4CCCC4)n3)CC2)cc1F. The zero-order valence-corrected chi connectivity index (χ0v) is 18.0. The van der Waals surface area contributed by atoms with Crippen LogP contribution in [0.5, 0.6) is 5.75 Å². The van der Waals surface area contributed by atoms with Gasteiger partial charge in [0.2, 0.25) is 16.0 Å². The third-order valence-electron chi connectivity index (χ3n) is 5.54. The van der Waals surface area contributed by atoms with Crippen molar-refractivity contribution in [2.45, 2.75) is 24.7 Å². The Bertz CT molecular complexity index is 1020. The van der Waals surface area contributed by atoms with Gasteiger partial charge in [-0.1, -0.05) is 0 Å². The lowest BCUT2D eigenvalue weighted by atomic mass is 10.3. The molecule has 2 aliphatic heterocycles. The average Bonchev–Trinajstić information content (AvgIpc) is 3.28. The van der Waals surface area contributed by atoms with Crippen LogP contribution in [0.25, 0.3) is 0 Å². The van der Waals surface area contributed by atoms with Gasteiger partial charge in [0.1, 0.15) is 5.82 Å². The maximum absolute atomic E-state index is 14.0. The number of methoxy groups -OCH3 is 1. The van der Waals surface area contributed by atoms with Gasteiger partial charge in [-0.25, -0.2) is 17.8 Å². The summed E-state index contributed by atoms with van der Waals surface area (Å²) in [7, 11) is -2.44. The van der Waals surface area contributed by atoms with Gasteiger partial charge in [0.05, 0.1) is 12.0 Å². The fourth-order valence-corrected chi connectivity index (χ4v) is 5.31. The number of sulfonamides is 1. The number of rotatable bonds is 5. The molecule has 2 aromatic rings. The Labute approximate surface area is 176 Å². The van der Waals surface area contributed by atoms with Crippen molar-refractivity contribution in [1.29, 1.82) is 0 Å². The van der Waals surface area contributed by atoms with Crippen molar-refractivity contribution in [3.63, 3.8) is 0 Å². The molecule has 162 valence electrons. The molecular weight excluding hydrogens is 409 g/mol. The lowest BCUT2D eigenvalue weighted by molar-refractivity contribution is 0.378. The lowest BCUT2D eigenvalue weighted by Gasteiger charge is -2.34. The first-order valence-corrected chi connectivity index (χ1v) is 11.5. The normalized spacial score (nSPS) is 18.1. The molecule has 0 N–H and O–H groups in total. The van der Waals surface area contributed by atoms with Crippen molar-refractivity contribution >= 4 is 21.8 Å². The third kappa shape index (κ3) is 4.06. The zero-order chi connectivity index (χ0) is 21.3. The van der Waals surface area contributed by atoms with Crippen molar-refractivity contribution in [3.05, 3.63) is 35.8 Å². The number of piperazine rings is 1. The predicted molar refractivity (Wildman–Crippen MR) is 112 cm³/mol. The first kappa shape index (κ1) is 20.8. The van der Waals surface area contributed by atoms with E-state index in [1.54, 1.807) is 0 Å². The van der Waals surface area contributed by atoms with Crippen molar-refractivity contribution in [2.75, 3.05) is 56.2 Å². The Balaban J connectivity index is 1.48. The van der Waals surface area contributed by atoms with E-state index in [9.17, 15) is 12.8 Å². The van der Waals surface area contributed by atoms with Crippen LogP contribution in [0.1, 0.15) is 18.5 Å². The number of anilines is 2. The molecule has 2 aliphatic rings. The Kier molecular flexibility index (Phi) is 5.79. The van der Waals surface area contributed by atoms with Gasteiger partial charge in [-0.2, -0.15) is 9.29 Å². The first-order chi connectivity index (χ1) is 14.4. The third-order valence-corrected chi connectivity index (χ3v) is 7.44. The van der Waals surface area contributed by atoms with Gasteiger partial charge in [-0.05, 0) is 38.0 Å². The summed E-state index contributed by atoms with van der Waals surface area (Å²) >= 11 is 0. The molecule has 0 atom stereocenters. The molecule has 0 bridgehead atoms. The molecule has 10 heteroatoms. The van der Waals surface area contributed by atoms with E-state index in [-0.39, 0.29) is 23.7 Å². The topological polar surface area (TPSA) is 78.9 Å². The fourth-order valence-electron chi connectivity index (χ4n) is 3.87. The Morgan fingerprint density at radius 1 is 0.967 bits per heavy atom. The summed E-state index contributed by atoms with van der Waals surface area (Å²) < 4.78 is 46.1. The molecule has 0 unspecified atom stereocenters. The van der Waals surface area contributed by atoms with E-state index < -0.39 is 15.8 Å². The van der Waals surface area contributed by atoms with E-state index in [4.69, 9.17) is 9.72 Å². The van der Waals surface area contributed by atoms with Gasteiger partial charge < -0.3 is 14.5 Å². The van der Waals surface area contributed by atoms with E-state index in [2.05, 4.69) is 9.88 Å². The van der Waals surface area contributed by atoms with E-state index in [0.717, 1.165) is 30.7 Å². The van der Waals surface area contributed by atoms with Crippen molar-refractivity contribution < 1.29 is 17.5 Å². The molecule has 0 saturated carbocycles. The van der Waals surface area contributed by atoms with Gasteiger partial charge in [0, 0.05) is 51.0 Å². The number of hydrogen-bond donors (Lipinski definition) is 0. The van der Waals surface area contributed by atoms with Gasteiger partial charge >= 0.3 is 0 Å². The molecule has 4 rings (SSSR count). The number of ether oxygens (including phenoxy) is 1. The van der Waals surface area contributed by atoms with Crippen molar-refractivity contribution in [3.8, 4) is 5.75 Å². The molecule has 1 aromatic heterocycles. The molecule has 2 saturated heterocycles. The molecular formula is C20H26FN5O3S. The van der Waals surface area contributed by atoms with Gasteiger partial charge in [-0.3, -0.25) is 0 Å². The lowest BCUT2D eigenvalue weighted by Crippen LogP contribution is -2.49. The van der Waals surface area contributed by atoms with Crippen molar-refractivity contribution in [2.24, 2.45) is 0 Å². The van der Waals surface area contributed by atoms with Crippen LogP contribution in [0.2, 0.25) is 0 Å². The second kappa shape index (κ2) is 8.35. The second-order valence-electron chi connectivity index (χ2n) is 7.55. The minimum absolute atomic E-state index is 0.0178. The highest BCUT2D eigenvalue weighted by Gasteiger charge is 2.30. The van der Waals surface area contributed by atoms with Crippen LogP contribution in [0.15, 0.2) is 29.2 Å². The molecule has 2 fully saturated rings. The van der Waals surface area contributed by atoms with Gasteiger partial charge in [0.15, 0.2) is 11.6 Å². The molecule has 1 aromatic carbocycles. The summed E-state index contributed by atoms with van der Waals surface area (Å²) in [5, 5.41) is 0. The molecule has 0 spiro atoms. The smallest absolute Gasteiger partial charge is 0.243 e. The maximum atomic E-state index is 14.0. The van der Waals surface area contributed by atoms with Crippen LogP contribution in [0.3, 0.4) is 0 Å². The number of benzene rings is 1. The maximum Gasteiger partial charge on any atom is 0.243 e. The summed E-state index contributed by atoms with van der Waals surface area (Å²) in [6.07, 6.45) is 2.34. The van der Waals surface area contributed by atoms with E-state index in [1.807, 2.05) is 17.9 Å².